The van der Waals surface area contributed by atoms with Crippen molar-refractivity contribution in [3.05, 3.63) is 24.3 Å². The van der Waals surface area contributed by atoms with Crippen molar-refractivity contribution in [3.8, 4) is 5.75 Å². The maximum atomic E-state index is 12.4. The molecule has 0 saturated carbocycles. The first kappa shape index (κ1) is 19.8. The van der Waals surface area contributed by atoms with Crippen molar-refractivity contribution < 1.29 is 19.1 Å². The summed E-state index contributed by atoms with van der Waals surface area (Å²) in [6.45, 7) is 9.82. The number of methoxy groups -OCH3 is 1. The second-order valence-corrected chi connectivity index (χ2v) is 6.52. The number of nitrogens with one attached hydrogen (secondary N) is 1. The van der Waals surface area contributed by atoms with E-state index in [4.69, 9.17) is 4.74 Å². The highest BCUT2D eigenvalue weighted by atomic mass is 16.5. The van der Waals surface area contributed by atoms with Gasteiger partial charge in [0.15, 0.2) is 6.61 Å². The van der Waals surface area contributed by atoms with Crippen LogP contribution in [0.4, 0.5) is 10.5 Å². The Bertz CT molecular complexity index is 516. The lowest BCUT2D eigenvalue weighted by Crippen LogP contribution is -2.39. The largest absolute Gasteiger partial charge is 0.484 e. The SMILES string of the molecule is COC(=O)Nc1ccc(OCC(=O)N(CC(C)C)CC(C)C)cc1. The third kappa shape index (κ3) is 7.35. The summed E-state index contributed by atoms with van der Waals surface area (Å²) in [4.78, 5) is 25.3. The zero-order valence-electron chi connectivity index (χ0n) is 15.2. The standard InChI is InChI=1S/C18H28N2O4/c1-13(2)10-20(11-14(3)4)17(21)12-24-16-8-6-15(7-9-16)19-18(22)23-5/h6-9,13-14H,10-12H2,1-5H3,(H,19,22). The van der Waals surface area contributed by atoms with E-state index in [0.717, 1.165) is 13.1 Å². The van der Waals surface area contributed by atoms with Crippen LogP contribution in [0.5, 0.6) is 5.75 Å². The van der Waals surface area contributed by atoms with Crippen molar-refractivity contribution in [3.63, 3.8) is 0 Å². The van der Waals surface area contributed by atoms with Gasteiger partial charge >= 0.3 is 6.09 Å². The number of benzene rings is 1. The highest BCUT2D eigenvalue weighted by Crippen LogP contribution is 2.16. The molecule has 0 unspecified atom stereocenters. The highest BCUT2D eigenvalue weighted by molar-refractivity contribution is 5.84. The first-order valence-electron chi connectivity index (χ1n) is 8.17. The van der Waals surface area contributed by atoms with E-state index in [1.165, 1.54) is 7.11 Å². The Morgan fingerprint density at radius 1 is 1.04 bits per heavy atom. The van der Waals surface area contributed by atoms with Crippen molar-refractivity contribution in [2.45, 2.75) is 27.7 Å². The summed E-state index contributed by atoms with van der Waals surface area (Å²) >= 11 is 0. The lowest BCUT2D eigenvalue weighted by atomic mass is 10.1. The van der Waals surface area contributed by atoms with Gasteiger partial charge in [0.1, 0.15) is 5.75 Å². The Balaban J connectivity index is 2.56. The van der Waals surface area contributed by atoms with E-state index in [-0.39, 0.29) is 12.5 Å². The molecule has 2 amide bonds. The molecule has 0 bridgehead atoms. The van der Waals surface area contributed by atoms with E-state index in [1.807, 2.05) is 4.90 Å². The lowest BCUT2D eigenvalue weighted by Gasteiger charge is -2.26. The lowest BCUT2D eigenvalue weighted by molar-refractivity contribution is -0.134. The molecular weight excluding hydrogens is 308 g/mol. The molecule has 6 nitrogen and oxygen atoms in total. The minimum Gasteiger partial charge on any atom is -0.484 e. The van der Waals surface area contributed by atoms with Crippen molar-refractivity contribution in [2.24, 2.45) is 11.8 Å². The van der Waals surface area contributed by atoms with Gasteiger partial charge in [-0.05, 0) is 36.1 Å². The van der Waals surface area contributed by atoms with Crippen LogP contribution in [0.3, 0.4) is 0 Å². The smallest absolute Gasteiger partial charge is 0.411 e. The maximum Gasteiger partial charge on any atom is 0.411 e. The van der Waals surface area contributed by atoms with Gasteiger partial charge < -0.3 is 14.4 Å². The molecular formula is C18H28N2O4. The van der Waals surface area contributed by atoms with Gasteiger partial charge in [0.2, 0.25) is 0 Å². The third-order valence-corrected chi connectivity index (χ3v) is 3.17. The summed E-state index contributed by atoms with van der Waals surface area (Å²) in [5, 5.41) is 2.55. The van der Waals surface area contributed by atoms with Gasteiger partial charge in [0.25, 0.3) is 5.91 Å². The number of amides is 2. The Morgan fingerprint density at radius 3 is 2.04 bits per heavy atom. The minimum absolute atomic E-state index is 0.00319. The molecule has 0 radical (unpaired) electrons. The van der Waals surface area contributed by atoms with Gasteiger partial charge in [-0.15, -0.1) is 0 Å². The van der Waals surface area contributed by atoms with Gasteiger partial charge in [-0.2, -0.15) is 0 Å². The number of anilines is 1. The predicted molar refractivity (Wildman–Crippen MR) is 94.2 cm³/mol. The van der Waals surface area contributed by atoms with Crippen LogP contribution in [-0.2, 0) is 9.53 Å². The van der Waals surface area contributed by atoms with Crippen LogP contribution in [0.1, 0.15) is 27.7 Å². The fourth-order valence-electron chi connectivity index (χ4n) is 2.20. The second-order valence-electron chi connectivity index (χ2n) is 6.52. The van der Waals surface area contributed by atoms with E-state index in [9.17, 15) is 9.59 Å². The number of hydrogen-bond acceptors (Lipinski definition) is 4. The molecule has 1 aromatic rings. The van der Waals surface area contributed by atoms with Crippen LogP contribution < -0.4 is 10.1 Å². The molecule has 0 aliphatic carbocycles. The van der Waals surface area contributed by atoms with Crippen molar-refractivity contribution in [2.75, 3.05) is 32.1 Å². The van der Waals surface area contributed by atoms with Gasteiger partial charge in [0.05, 0.1) is 7.11 Å². The first-order valence-corrected chi connectivity index (χ1v) is 8.17. The Labute approximate surface area is 144 Å². The van der Waals surface area contributed by atoms with Crippen LogP contribution in [0.25, 0.3) is 0 Å². The fourth-order valence-corrected chi connectivity index (χ4v) is 2.20. The molecule has 0 atom stereocenters. The summed E-state index contributed by atoms with van der Waals surface area (Å²) in [6.07, 6.45) is -0.531. The van der Waals surface area contributed by atoms with Gasteiger partial charge in [-0.3, -0.25) is 10.1 Å². The summed E-state index contributed by atoms with van der Waals surface area (Å²) in [6, 6.07) is 6.79. The van der Waals surface area contributed by atoms with Crippen LogP contribution in [0.2, 0.25) is 0 Å². The topological polar surface area (TPSA) is 67.9 Å². The van der Waals surface area contributed by atoms with Crippen LogP contribution >= 0.6 is 0 Å². The van der Waals surface area contributed by atoms with E-state index in [0.29, 0.717) is 23.3 Å². The molecule has 0 spiro atoms. The minimum atomic E-state index is -0.531. The molecule has 24 heavy (non-hydrogen) atoms. The van der Waals surface area contributed by atoms with Gasteiger partial charge in [0, 0.05) is 18.8 Å². The van der Waals surface area contributed by atoms with Gasteiger partial charge in [-0.1, -0.05) is 27.7 Å². The zero-order chi connectivity index (χ0) is 18.1. The van der Waals surface area contributed by atoms with Crippen molar-refractivity contribution in [1.82, 2.24) is 4.90 Å². The first-order chi connectivity index (χ1) is 11.3. The highest BCUT2D eigenvalue weighted by Gasteiger charge is 2.16. The number of carbonyl (C=O) groups excluding carboxylic acids is 2. The fraction of sp³-hybridized carbons (Fsp3) is 0.556. The second kappa shape index (κ2) is 9.80. The number of rotatable bonds is 8. The summed E-state index contributed by atoms with van der Waals surface area (Å²) < 4.78 is 10.1. The molecule has 0 saturated heterocycles. The third-order valence-electron chi connectivity index (χ3n) is 3.17. The average Bonchev–Trinajstić information content (AvgIpc) is 2.52. The van der Waals surface area contributed by atoms with Crippen LogP contribution in [0, 0.1) is 11.8 Å². The predicted octanol–water partition coefficient (Wildman–Crippen LogP) is 3.38. The van der Waals surface area contributed by atoms with E-state index in [2.05, 4.69) is 37.7 Å². The quantitative estimate of drug-likeness (QED) is 0.790. The average molecular weight is 336 g/mol. The monoisotopic (exact) mass is 336 g/mol. The Morgan fingerprint density at radius 2 is 1.58 bits per heavy atom. The Kier molecular flexibility index (Phi) is 8.09. The van der Waals surface area contributed by atoms with E-state index in [1.54, 1.807) is 24.3 Å². The maximum absolute atomic E-state index is 12.4. The van der Waals surface area contributed by atoms with Crippen molar-refractivity contribution >= 4 is 17.7 Å². The van der Waals surface area contributed by atoms with Gasteiger partial charge in [-0.25, -0.2) is 4.79 Å². The zero-order valence-corrected chi connectivity index (χ0v) is 15.2. The number of nitrogens with zero attached hydrogens (tertiary/aromatic N) is 1. The molecule has 134 valence electrons. The molecule has 0 aromatic heterocycles. The Hall–Kier alpha value is -2.24. The van der Waals surface area contributed by atoms with E-state index < -0.39 is 6.09 Å². The molecule has 0 heterocycles. The number of hydrogen-bond donors (Lipinski definition) is 1. The molecule has 1 rings (SSSR count). The summed E-state index contributed by atoms with van der Waals surface area (Å²) in [7, 11) is 1.30. The molecule has 0 fully saturated rings. The van der Waals surface area contributed by atoms with Crippen LogP contribution in [0.15, 0.2) is 24.3 Å². The molecule has 1 N–H and O–H groups in total. The number of ether oxygens (including phenoxy) is 2. The van der Waals surface area contributed by atoms with Crippen molar-refractivity contribution in [1.29, 1.82) is 0 Å². The molecule has 0 aliphatic heterocycles. The molecule has 0 aliphatic rings. The van der Waals surface area contributed by atoms with Crippen LogP contribution in [-0.4, -0.2) is 43.7 Å². The molecule has 1 aromatic carbocycles. The number of carbonyl (C=O) groups is 2. The molecule has 6 heteroatoms. The normalized spacial score (nSPS) is 10.6. The summed E-state index contributed by atoms with van der Waals surface area (Å²) in [5.74, 6) is 1.38. The van der Waals surface area contributed by atoms with E-state index >= 15 is 0 Å². The summed E-state index contributed by atoms with van der Waals surface area (Å²) in [5.41, 5.74) is 0.599.